The maximum absolute atomic E-state index is 11.8. The third-order valence-electron chi connectivity index (χ3n) is 4.40. The van der Waals surface area contributed by atoms with Gasteiger partial charge < -0.3 is 10.5 Å². The molecule has 0 radical (unpaired) electrons. The first-order valence-corrected chi connectivity index (χ1v) is 9.16. The molecular formula is C20H33NO2. The van der Waals surface area contributed by atoms with E-state index in [2.05, 4.69) is 6.92 Å². The van der Waals surface area contributed by atoms with Crippen LogP contribution < -0.4 is 5.73 Å². The Labute approximate surface area is 141 Å². The number of unbranched alkanes of at least 4 members (excludes halogenated alkanes) is 9. The third-order valence-corrected chi connectivity index (χ3v) is 4.40. The number of benzene rings is 1. The highest BCUT2D eigenvalue weighted by Gasteiger charge is 2.13. The Morgan fingerprint density at radius 1 is 0.957 bits per heavy atom. The van der Waals surface area contributed by atoms with Gasteiger partial charge in [0.25, 0.3) is 0 Å². The molecular weight excluding hydrogens is 286 g/mol. The lowest BCUT2D eigenvalue weighted by Crippen LogP contribution is -2.08. The number of carbonyl (C=O) groups is 1. The van der Waals surface area contributed by atoms with E-state index in [4.69, 9.17) is 10.5 Å². The van der Waals surface area contributed by atoms with Crippen molar-refractivity contribution in [2.45, 2.75) is 77.6 Å². The molecule has 0 saturated heterocycles. The molecule has 0 aromatic heterocycles. The van der Waals surface area contributed by atoms with E-state index in [1.54, 1.807) is 6.07 Å². The molecule has 0 aliphatic heterocycles. The van der Waals surface area contributed by atoms with E-state index in [1.165, 1.54) is 64.9 Å². The van der Waals surface area contributed by atoms with Crippen LogP contribution in [0.4, 0.5) is 5.69 Å². The van der Waals surface area contributed by atoms with Gasteiger partial charge in [0.2, 0.25) is 0 Å². The number of ether oxygens (including phenoxy) is 1. The first-order chi connectivity index (χ1) is 11.2. The quantitative estimate of drug-likeness (QED) is 0.313. The number of nitrogens with two attached hydrogens (primary N) is 1. The summed E-state index contributed by atoms with van der Waals surface area (Å²) in [4.78, 5) is 11.8. The summed E-state index contributed by atoms with van der Waals surface area (Å²) in [5.74, 6) is -0.292. The first-order valence-electron chi connectivity index (χ1n) is 9.16. The maximum atomic E-state index is 11.8. The van der Waals surface area contributed by atoms with E-state index < -0.39 is 0 Å². The third kappa shape index (κ3) is 7.54. The molecule has 0 saturated carbocycles. The monoisotopic (exact) mass is 319 g/mol. The topological polar surface area (TPSA) is 52.3 Å². The molecule has 0 unspecified atom stereocenters. The molecule has 23 heavy (non-hydrogen) atoms. The number of rotatable bonds is 12. The minimum absolute atomic E-state index is 0.292. The molecule has 0 fully saturated rings. The van der Waals surface area contributed by atoms with E-state index in [1.807, 2.05) is 12.1 Å². The number of hydrogen-bond acceptors (Lipinski definition) is 3. The summed E-state index contributed by atoms with van der Waals surface area (Å²) in [6, 6.07) is 5.47. The number of anilines is 1. The smallest absolute Gasteiger partial charge is 0.338 e. The Balaban J connectivity index is 2.22. The highest BCUT2D eigenvalue weighted by Crippen LogP contribution is 2.21. The van der Waals surface area contributed by atoms with Crippen LogP contribution in [0.5, 0.6) is 0 Å². The molecule has 0 bridgehead atoms. The fourth-order valence-corrected chi connectivity index (χ4v) is 2.97. The van der Waals surface area contributed by atoms with Crippen LogP contribution in [0.15, 0.2) is 18.2 Å². The predicted molar refractivity (Wildman–Crippen MR) is 97.7 cm³/mol. The zero-order valence-electron chi connectivity index (χ0n) is 14.9. The number of nitrogen functional groups attached to an aromatic ring is 1. The van der Waals surface area contributed by atoms with Crippen molar-refractivity contribution in [1.82, 2.24) is 0 Å². The molecule has 1 rings (SSSR count). The molecule has 2 N–H and O–H groups in total. The number of carbonyl (C=O) groups excluding carboxylic acids is 1. The Morgan fingerprint density at radius 3 is 2.09 bits per heavy atom. The van der Waals surface area contributed by atoms with Crippen molar-refractivity contribution in [1.29, 1.82) is 0 Å². The Hall–Kier alpha value is -1.51. The molecule has 0 aliphatic rings. The van der Waals surface area contributed by atoms with Crippen molar-refractivity contribution in [3.8, 4) is 0 Å². The molecule has 0 atom stereocenters. The largest absolute Gasteiger partial charge is 0.465 e. The van der Waals surface area contributed by atoms with Crippen LogP contribution in [-0.2, 0) is 11.2 Å². The van der Waals surface area contributed by atoms with Gasteiger partial charge in [0.1, 0.15) is 0 Å². The van der Waals surface area contributed by atoms with Crippen LogP contribution in [0.1, 0.15) is 87.1 Å². The van der Waals surface area contributed by atoms with E-state index in [-0.39, 0.29) is 5.97 Å². The standard InChI is InChI=1S/C20H33NO2/c1-3-4-5-6-7-8-9-10-11-12-14-17-18(20(22)23-2)15-13-16-19(17)21/h13,15-16H,3-12,14,21H2,1-2H3. The predicted octanol–water partition coefficient (Wildman–Crippen LogP) is 5.52. The molecule has 3 nitrogen and oxygen atoms in total. The van der Waals surface area contributed by atoms with E-state index in [0.717, 1.165) is 18.4 Å². The van der Waals surface area contributed by atoms with Gasteiger partial charge in [-0.2, -0.15) is 0 Å². The van der Waals surface area contributed by atoms with Gasteiger partial charge in [-0.3, -0.25) is 0 Å². The summed E-state index contributed by atoms with van der Waals surface area (Å²) in [5, 5.41) is 0. The zero-order valence-corrected chi connectivity index (χ0v) is 14.9. The summed E-state index contributed by atoms with van der Waals surface area (Å²) in [7, 11) is 1.41. The minimum Gasteiger partial charge on any atom is -0.465 e. The summed E-state index contributed by atoms with van der Waals surface area (Å²) >= 11 is 0. The SMILES string of the molecule is CCCCCCCCCCCCc1c(N)cccc1C(=O)OC. The van der Waals surface area contributed by atoms with Gasteiger partial charge in [-0.15, -0.1) is 0 Å². The van der Waals surface area contributed by atoms with Crippen LogP contribution in [0.3, 0.4) is 0 Å². The zero-order chi connectivity index (χ0) is 16.9. The van der Waals surface area contributed by atoms with Gasteiger partial charge in [0.05, 0.1) is 12.7 Å². The molecule has 130 valence electrons. The van der Waals surface area contributed by atoms with Gasteiger partial charge in [-0.1, -0.05) is 70.8 Å². The summed E-state index contributed by atoms with van der Waals surface area (Å²) in [6.45, 7) is 2.26. The highest BCUT2D eigenvalue weighted by atomic mass is 16.5. The van der Waals surface area contributed by atoms with Crippen molar-refractivity contribution < 1.29 is 9.53 Å². The number of esters is 1. The van der Waals surface area contributed by atoms with Gasteiger partial charge >= 0.3 is 5.97 Å². The van der Waals surface area contributed by atoms with E-state index >= 15 is 0 Å². The molecule has 0 heterocycles. The lowest BCUT2D eigenvalue weighted by molar-refractivity contribution is 0.0599. The number of hydrogen-bond donors (Lipinski definition) is 1. The summed E-state index contributed by atoms with van der Waals surface area (Å²) in [5.41, 5.74) is 8.28. The van der Waals surface area contributed by atoms with Crippen molar-refractivity contribution in [3.05, 3.63) is 29.3 Å². The van der Waals surface area contributed by atoms with Crippen LogP contribution >= 0.6 is 0 Å². The fourth-order valence-electron chi connectivity index (χ4n) is 2.97. The maximum Gasteiger partial charge on any atom is 0.338 e. The van der Waals surface area contributed by atoms with Crippen LogP contribution in [0.25, 0.3) is 0 Å². The van der Waals surface area contributed by atoms with Crippen molar-refractivity contribution in [3.63, 3.8) is 0 Å². The van der Waals surface area contributed by atoms with Gasteiger partial charge in [-0.05, 0) is 30.5 Å². The average Bonchev–Trinajstić information content (AvgIpc) is 2.57. The molecule has 3 heteroatoms. The Kier molecular flexibility index (Phi) is 10.2. The first kappa shape index (κ1) is 19.5. The van der Waals surface area contributed by atoms with Crippen LogP contribution in [-0.4, -0.2) is 13.1 Å². The van der Waals surface area contributed by atoms with Crippen molar-refractivity contribution in [2.24, 2.45) is 0 Å². The average molecular weight is 319 g/mol. The summed E-state index contributed by atoms with van der Waals surface area (Å²) in [6.07, 6.45) is 13.9. The molecule has 1 aromatic rings. The van der Waals surface area contributed by atoms with Gasteiger partial charge in [0, 0.05) is 5.69 Å². The van der Waals surface area contributed by atoms with Crippen molar-refractivity contribution >= 4 is 11.7 Å². The molecule has 0 spiro atoms. The lowest BCUT2D eigenvalue weighted by atomic mass is 9.98. The van der Waals surface area contributed by atoms with Crippen LogP contribution in [0, 0.1) is 0 Å². The van der Waals surface area contributed by atoms with Crippen LogP contribution in [0.2, 0.25) is 0 Å². The highest BCUT2D eigenvalue weighted by molar-refractivity contribution is 5.92. The fraction of sp³-hybridized carbons (Fsp3) is 0.650. The summed E-state index contributed by atoms with van der Waals surface area (Å²) < 4.78 is 4.84. The van der Waals surface area contributed by atoms with Gasteiger partial charge in [-0.25, -0.2) is 4.79 Å². The Bertz CT molecular complexity index is 457. The van der Waals surface area contributed by atoms with E-state index in [9.17, 15) is 4.79 Å². The van der Waals surface area contributed by atoms with Crippen molar-refractivity contribution in [2.75, 3.05) is 12.8 Å². The van der Waals surface area contributed by atoms with E-state index in [0.29, 0.717) is 11.3 Å². The molecule has 1 aromatic carbocycles. The molecule has 0 amide bonds. The second kappa shape index (κ2) is 12.0. The normalized spacial score (nSPS) is 10.7. The van der Waals surface area contributed by atoms with Gasteiger partial charge in [0.15, 0.2) is 0 Å². The second-order valence-electron chi connectivity index (χ2n) is 6.30. The number of methoxy groups -OCH3 is 1. The molecule has 0 aliphatic carbocycles. The second-order valence-corrected chi connectivity index (χ2v) is 6.30. The Morgan fingerprint density at radius 2 is 1.52 bits per heavy atom. The lowest BCUT2D eigenvalue weighted by Gasteiger charge is -2.10. The minimum atomic E-state index is -0.292.